The number of likely N-dealkylation sites (tertiary alicyclic amines) is 1. The van der Waals surface area contributed by atoms with Gasteiger partial charge in [0.25, 0.3) is 0 Å². The predicted molar refractivity (Wildman–Crippen MR) is 57.1 cm³/mol. The maximum atomic E-state index is 11.5. The molecule has 76 valence electrons. The van der Waals surface area contributed by atoms with Crippen molar-refractivity contribution in [3.05, 3.63) is 12.2 Å². The van der Waals surface area contributed by atoms with Gasteiger partial charge < -0.3 is 4.90 Å². The molecule has 0 N–H and O–H groups in total. The Hall–Kier alpha value is -0.500. The molecule has 0 spiro atoms. The first-order valence-electron chi connectivity index (χ1n) is 4.73. The molecule has 1 aliphatic heterocycles. The van der Waals surface area contributed by atoms with Gasteiger partial charge in [0.2, 0.25) is 5.91 Å². The molecule has 0 aromatic carbocycles. The van der Waals surface area contributed by atoms with E-state index >= 15 is 0 Å². The second-order valence-corrected chi connectivity index (χ2v) is 3.33. The molecule has 1 atom stereocenters. The largest absolute Gasteiger partial charge is 0.336 e. The normalized spacial score (nSPS) is 22.0. The fourth-order valence-corrected chi connectivity index (χ4v) is 1.58. The Bertz CT molecular complexity index is 191. The van der Waals surface area contributed by atoms with Crippen LogP contribution in [0.2, 0.25) is 0 Å². The third kappa shape index (κ3) is 3.39. The van der Waals surface area contributed by atoms with Crippen molar-refractivity contribution in [3.63, 3.8) is 0 Å². The lowest BCUT2D eigenvalue weighted by atomic mass is 10.2. The summed E-state index contributed by atoms with van der Waals surface area (Å²) in [5, 5.41) is 0. The van der Waals surface area contributed by atoms with Gasteiger partial charge in [-0.05, 0) is 32.3 Å². The first-order chi connectivity index (χ1) is 5.75. The second kappa shape index (κ2) is 6.03. The number of hydrogen-bond donors (Lipinski definition) is 0. The molecule has 1 fully saturated rings. The van der Waals surface area contributed by atoms with E-state index in [4.69, 9.17) is 0 Å². The number of carbonyl (C=O) groups excluding carboxylic acids is 1. The van der Waals surface area contributed by atoms with Crippen molar-refractivity contribution >= 4 is 18.3 Å². The summed E-state index contributed by atoms with van der Waals surface area (Å²) >= 11 is 0. The van der Waals surface area contributed by atoms with Gasteiger partial charge in [0.15, 0.2) is 0 Å². The van der Waals surface area contributed by atoms with Crippen LogP contribution < -0.4 is 0 Å². The maximum absolute atomic E-state index is 11.5. The Morgan fingerprint density at radius 1 is 1.62 bits per heavy atom. The Balaban J connectivity index is 0.00000144. The molecule has 1 heterocycles. The van der Waals surface area contributed by atoms with Gasteiger partial charge in [0, 0.05) is 12.6 Å². The van der Waals surface area contributed by atoms with E-state index in [-0.39, 0.29) is 18.3 Å². The standard InChI is InChI=1S/C10H17NO.ClH/c1-3-4-7-10(12)11-8-5-6-9(11)2;/h4,7,9H,3,5-6,8H2,1-2H3;1H/b7-4+;. The Labute approximate surface area is 86.4 Å². The Kier molecular flexibility index (Phi) is 5.80. The summed E-state index contributed by atoms with van der Waals surface area (Å²) in [5.41, 5.74) is 0. The SMILES string of the molecule is CC/C=C/C(=O)N1CCCC1C.Cl. The summed E-state index contributed by atoms with van der Waals surface area (Å²) < 4.78 is 0. The summed E-state index contributed by atoms with van der Waals surface area (Å²) in [6.07, 6.45) is 6.88. The average molecular weight is 204 g/mol. The lowest BCUT2D eigenvalue weighted by Gasteiger charge is -2.19. The average Bonchev–Trinajstić information content (AvgIpc) is 2.47. The third-order valence-corrected chi connectivity index (χ3v) is 2.33. The number of amides is 1. The molecule has 3 heteroatoms. The summed E-state index contributed by atoms with van der Waals surface area (Å²) in [6.45, 7) is 5.09. The molecule has 2 nitrogen and oxygen atoms in total. The molecule has 0 bridgehead atoms. The van der Waals surface area contributed by atoms with Crippen LogP contribution in [0.1, 0.15) is 33.1 Å². The summed E-state index contributed by atoms with van der Waals surface area (Å²) in [7, 11) is 0. The van der Waals surface area contributed by atoms with Crippen molar-refractivity contribution in [1.82, 2.24) is 4.90 Å². The highest BCUT2D eigenvalue weighted by molar-refractivity contribution is 5.88. The molecule has 1 amide bonds. The van der Waals surface area contributed by atoms with E-state index in [0.717, 1.165) is 25.8 Å². The third-order valence-electron chi connectivity index (χ3n) is 2.33. The van der Waals surface area contributed by atoms with Gasteiger partial charge in [-0.25, -0.2) is 0 Å². The molecule has 1 aliphatic rings. The van der Waals surface area contributed by atoms with Crippen LogP contribution in [0.15, 0.2) is 12.2 Å². The predicted octanol–water partition coefficient (Wildman–Crippen LogP) is 2.39. The van der Waals surface area contributed by atoms with Gasteiger partial charge in [-0.2, -0.15) is 0 Å². The summed E-state index contributed by atoms with van der Waals surface area (Å²) in [5.74, 6) is 0.182. The molecule has 1 rings (SSSR count). The zero-order valence-electron chi connectivity index (χ0n) is 8.32. The monoisotopic (exact) mass is 203 g/mol. The van der Waals surface area contributed by atoms with Crippen LogP contribution in [-0.4, -0.2) is 23.4 Å². The number of allylic oxidation sites excluding steroid dienone is 1. The van der Waals surface area contributed by atoms with Crippen molar-refractivity contribution in [2.24, 2.45) is 0 Å². The lowest BCUT2D eigenvalue weighted by molar-refractivity contribution is -0.126. The van der Waals surface area contributed by atoms with Crippen LogP contribution in [0.5, 0.6) is 0 Å². The smallest absolute Gasteiger partial charge is 0.246 e. The zero-order chi connectivity index (χ0) is 8.97. The van der Waals surface area contributed by atoms with E-state index in [1.54, 1.807) is 6.08 Å². The van der Waals surface area contributed by atoms with Gasteiger partial charge in [-0.3, -0.25) is 4.79 Å². The van der Waals surface area contributed by atoms with Crippen molar-refractivity contribution in [1.29, 1.82) is 0 Å². The van der Waals surface area contributed by atoms with E-state index < -0.39 is 0 Å². The minimum absolute atomic E-state index is 0. The number of nitrogens with zero attached hydrogens (tertiary/aromatic N) is 1. The fourth-order valence-electron chi connectivity index (χ4n) is 1.58. The second-order valence-electron chi connectivity index (χ2n) is 3.33. The van der Waals surface area contributed by atoms with Crippen LogP contribution in [0, 0.1) is 0 Å². The molecular weight excluding hydrogens is 186 g/mol. The van der Waals surface area contributed by atoms with E-state index in [1.807, 2.05) is 17.9 Å². The number of hydrogen-bond acceptors (Lipinski definition) is 1. The van der Waals surface area contributed by atoms with Crippen molar-refractivity contribution < 1.29 is 4.79 Å². The molecule has 0 radical (unpaired) electrons. The topological polar surface area (TPSA) is 20.3 Å². The molecule has 1 saturated heterocycles. The molecular formula is C10H18ClNO. The molecule has 0 aliphatic carbocycles. The molecule has 13 heavy (non-hydrogen) atoms. The Morgan fingerprint density at radius 3 is 2.77 bits per heavy atom. The highest BCUT2D eigenvalue weighted by atomic mass is 35.5. The van der Waals surface area contributed by atoms with Crippen LogP contribution in [0.4, 0.5) is 0 Å². The highest BCUT2D eigenvalue weighted by Gasteiger charge is 2.22. The fraction of sp³-hybridized carbons (Fsp3) is 0.700. The van der Waals surface area contributed by atoms with Gasteiger partial charge in [-0.1, -0.05) is 13.0 Å². The van der Waals surface area contributed by atoms with E-state index in [2.05, 4.69) is 6.92 Å². The van der Waals surface area contributed by atoms with Gasteiger partial charge in [0.1, 0.15) is 0 Å². The van der Waals surface area contributed by atoms with Gasteiger partial charge in [0.05, 0.1) is 0 Å². The minimum Gasteiger partial charge on any atom is -0.336 e. The van der Waals surface area contributed by atoms with Crippen molar-refractivity contribution in [2.45, 2.75) is 39.2 Å². The van der Waals surface area contributed by atoms with Crippen LogP contribution in [-0.2, 0) is 4.79 Å². The van der Waals surface area contributed by atoms with Crippen LogP contribution in [0.25, 0.3) is 0 Å². The molecule has 0 aromatic heterocycles. The number of carbonyl (C=O) groups is 1. The quantitative estimate of drug-likeness (QED) is 0.632. The van der Waals surface area contributed by atoms with E-state index in [9.17, 15) is 4.79 Å². The first kappa shape index (κ1) is 12.5. The van der Waals surface area contributed by atoms with Crippen LogP contribution >= 0.6 is 12.4 Å². The minimum atomic E-state index is 0. The lowest BCUT2D eigenvalue weighted by Crippen LogP contribution is -2.32. The summed E-state index contributed by atoms with van der Waals surface area (Å²) in [4.78, 5) is 13.4. The van der Waals surface area contributed by atoms with E-state index in [0.29, 0.717) is 6.04 Å². The molecule has 1 unspecified atom stereocenters. The van der Waals surface area contributed by atoms with Crippen LogP contribution in [0.3, 0.4) is 0 Å². The van der Waals surface area contributed by atoms with Crippen molar-refractivity contribution in [2.75, 3.05) is 6.54 Å². The molecule has 0 saturated carbocycles. The maximum Gasteiger partial charge on any atom is 0.246 e. The van der Waals surface area contributed by atoms with Gasteiger partial charge >= 0.3 is 0 Å². The first-order valence-corrected chi connectivity index (χ1v) is 4.73. The summed E-state index contributed by atoms with van der Waals surface area (Å²) in [6, 6.07) is 0.444. The van der Waals surface area contributed by atoms with E-state index in [1.165, 1.54) is 0 Å². The zero-order valence-corrected chi connectivity index (χ0v) is 9.14. The van der Waals surface area contributed by atoms with Crippen molar-refractivity contribution in [3.8, 4) is 0 Å². The van der Waals surface area contributed by atoms with Gasteiger partial charge in [-0.15, -0.1) is 12.4 Å². The number of rotatable bonds is 2. The highest BCUT2D eigenvalue weighted by Crippen LogP contribution is 2.16. The number of halogens is 1. The Morgan fingerprint density at radius 2 is 2.31 bits per heavy atom. The molecule has 0 aromatic rings.